The number of pyridine rings is 1. The van der Waals surface area contributed by atoms with Gasteiger partial charge in [-0.2, -0.15) is 0 Å². The van der Waals surface area contributed by atoms with Crippen molar-refractivity contribution < 1.29 is 9.21 Å². The summed E-state index contributed by atoms with van der Waals surface area (Å²) in [5.74, 6) is 1.18. The molecule has 0 saturated heterocycles. The molecule has 3 heterocycles. The molecular weight excluding hydrogens is 356 g/mol. The second kappa shape index (κ2) is 7.19. The van der Waals surface area contributed by atoms with Crippen LogP contribution >= 0.6 is 0 Å². The lowest BCUT2D eigenvalue weighted by molar-refractivity contribution is -0.116. The summed E-state index contributed by atoms with van der Waals surface area (Å²) in [6.45, 7) is 4.14. The predicted molar refractivity (Wildman–Crippen MR) is 107 cm³/mol. The van der Waals surface area contributed by atoms with Crippen LogP contribution in [0.2, 0.25) is 0 Å². The number of rotatable bonds is 5. The highest BCUT2D eigenvalue weighted by molar-refractivity contribution is 5.95. The summed E-state index contributed by atoms with van der Waals surface area (Å²) >= 11 is 0. The number of carbonyl (C=O) groups excluding carboxylic acids is 1. The number of imidazole rings is 1. The first kappa shape index (κ1) is 17.8. The zero-order valence-electron chi connectivity index (χ0n) is 15.7. The second-order valence-electron chi connectivity index (χ2n) is 6.46. The largest absolute Gasteiger partial charge is 0.461 e. The summed E-state index contributed by atoms with van der Waals surface area (Å²) in [6.07, 6.45) is 1.64. The van der Waals surface area contributed by atoms with E-state index in [1.807, 2.05) is 50.2 Å². The summed E-state index contributed by atoms with van der Waals surface area (Å²) in [4.78, 5) is 29.7. The minimum absolute atomic E-state index is 0.0977. The summed E-state index contributed by atoms with van der Waals surface area (Å²) in [6, 6.07) is 14.7. The van der Waals surface area contributed by atoms with Gasteiger partial charge in [-0.15, -0.1) is 0 Å². The molecule has 1 N–H and O–H groups in total. The number of furan rings is 1. The Morgan fingerprint density at radius 2 is 1.93 bits per heavy atom. The maximum atomic E-state index is 12.7. The van der Waals surface area contributed by atoms with Gasteiger partial charge in [0.05, 0.1) is 11.2 Å². The van der Waals surface area contributed by atoms with E-state index in [9.17, 15) is 9.59 Å². The first-order valence-corrected chi connectivity index (χ1v) is 9.08. The van der Waals surface area contributed by atoms with Crippen molar-refractivity contribution >= 4 is 22.8 Å². The van der Waals surface area contributed by atoms with Gasteiger partial charge in [0.2, 0.25) is 5.91 Å². The molecular formula is C21H20N4O3. The van der Waals surface area contributed by atoms with Crippen molar-refractivity contribution in [1.82, 2.24) is 14.1 Å². The number of hydrogen-bond donors (Lipinski definition) is 1. The highest BCUT2D eigenvalue weighted by Gasteiger charge is 2.17. The van der Waals surface area contributed by atoms with Crippen molar-refractivity contribution in [3.05, 3.63) is 71.0 Å². The first-order valence-electron chi connectivity index (χ1n) is 9.08. The summed E-state index contributed by atoms with van der Waals surface area (Å²) in [5.41, 5.74) is 2.39. The number of aromatic nitrogens is 3. The van der Waals surface area contributed by atoms with Crippen molar-refractivity contribution in [3.63, 3.8) is 0 Å². The van der Waals surface area contributed by atoms with Crippen LogP contribution < -0.4 is 11.0 Å². The highest BCUT2D eigenvalue weighted by atomic mass is 16.3. The number of anilines is 1. The van der Waals surface area contributed by atoms with Crippen LogP contribution in [0.5, 0.6) is 0 Å². The SMILES string of the molecule is CCn1c(=O)n(CC(=O)Nc2ccccc2-c2ccc(C)o2)c2cccnc21. The van der Waals surface area contributed by atoms with E-state index >= 15 is 0 Å². The smallest absolute Gasteiger partial charge is 0.330 e. The molecule has 28 heavy (non-hydrogen) atoms. The van der Waals surface area contributed by atoms with Crippen LogP contribution in [0.15, 0.2) is 63.9 Å². The van der Waals surface area contributed by atoms with Crippen LogP contribution in [0.25, 0.3) is 22.5 Å². The molecule has 1 amide bonds. The molecule has 4 rings (SSSR count). The molecule has 7 nitrogen and oxygen atoms in total. The molecule has 0 saturated carbocycles. The fourth-order valence-corrected chi connectivity index (χ4v) is 3.30. The molecule has 7 heteroatoms. The third-order valence-corrected chi connectivity index (χ3v) is 4.60. The number of fused-ring (bicyclic) bond motifs is 1. The van der Waals surface area contributed by atoms with Crippen LogP contribution in [0, 0.1) is 6.92 Å². The monoisotopic (exact) mass is 376 g/mol. The molecule has 0 spiro atoms. The van der Waals surface area contributed by atoms with Crippen LogP contribution in [0.1, 0.15) is 12.7 Å². The van der Waals surface area contributed by atoms with Gasteiger partial charge in [-0.05, 0) is 50.2 Å². The molecule has 1 aromatic carbocycles. The van der Waals surface area contributed by atoms with Gasteiger partial charge in [-0.3, -0.25) is 13.9 Å². The lowest BCUT2D eigenvalue weighted by Gasteiger charge is -2.10. The third-order valence-electron chi connectivity index (χ3n) is 4.60. The Hall–Kier alpha value is -3.61. The third kappa shape index (κ3) is 3.11. The van der Waals surface area contributed by atoms with E-state index in [1.165, 1.54) is 4.57 Å². The molecule has 142 valence electrons. The summed E-state index contributed by atoms with van der Waals surface area (Å²) in [7, 11) is 0. The van der Waals surface area contributed by atoms with E-state index in [4.69, 9.17) is 4.42 Å². The average molecular weight is 376 g/mol. The fraction of sp³-hybridized carbons (Fsp3) is 0.190. The van der Waals surface area contributed by atoms with Gasteiger partial charge in [0, 0.05) is 18.3 Å². The van der Waals surface area contributed by atoms with E-state index in [2.05, 4.69) is 10.3 Å². The number of para-hydroxylation sites is 1. The van der Waals surface area contributed by atoms with Gasteiger partial charge in [-0.25, -0.2) is 9.78 Å². The van der Waals surface area contributed by atoms with Crippen LogP contribution in [0.3, 0.4) is 0 Å². The molecule has 0 unspecified atom stereocenters. The van der Waals surface area contributed by atoms with E-state index < -0.39 is 0 Å². The van der Waals surface area contributed by atoms with Crippen molar-refractivity contribution in [2.24, 2.45) is 0 Å². The Kier molecular flexibility index (Phi) is 4.57. The van der Waals surface area contributed by atoms with Gasteiger partial charge in [0.15, 0.2) is 5.65 Å². The minimum Gasteiger partial charge on any atom is -0.461 e. The van der Waals surface area contributed by atoms with Crippen molar-refractivity contribution in [2.45, 2.75) is 26.9 Å². The number of carbonyl (C=O) groups is 1. The van der Waals surface area contributed by atoms with Crippen molar-refractivity contribution in [3.8, 4) is 11.3 Å². The average Bonchev–Trinajstić information content (AvgIpc) is 3.24. The Labute approximate surface area is 161 Å². The number of benzene rings is 1. The lowest BCUT2D eigenvalue weighted by Crippen LogP contribution is -2.29. The molecule has 0 radical (unpaired) electrons. The number of amides is 1. The summed E-state index contributed by atoms with van der Waals surface area (Å²) in [5, 5.41) is 2.90. The first-order chi connectivity index (χ1) is 13.6. The fourth-order valence-electron chi connectivity index (χ4n) is 3.30. The van der Waals surface area contributed by atoms with E-state index in [1.54, 1.807) is 22.9 Å². The molecule has 0 fully saturated rings. The maximum Gasteiger partial charge on any atom is 0.330 e. The van der Waals surface area contributed by atoms with E-state index in [0.29, 0.717) is 29.2 Å². The second-order valence-corrected chi connectivity index (χ2v) is 6.46. The Morgan fingerprint density at radius 3 is 2.68 bits per heavy atom. The minimum atomic E-state index is -0.295. The molecule has 3 aromatic heterocycles. The number of nitrogens with one attached hydrogen (secondary N) is 1. The van der Waals surface area contributed by atoms with Crippen molar-refractivity contribution in [1.29, 1.82) is 0 Å². The van der Waals surface area contributed by atoms with Crippen LogP contribution in [0.4, 0.5) is 5.69 Å². The van der Waals surface area contributed by atoms with Crippen LogP contribution in [-0.4, -0.2) is 20.0 Å². The van der Waals surface area contributed by atoms with Gasteiger partial charge in [0.1, 0.15) is 18.1 Å². The Balaban J connectivity index is 1.64. The van der Waals surface area contributed by atoms with Crippen LogP contribution in [-0.2, 0) is 17.9 Å². The zero-order valence-corrected chi connectivity index (χ0v) is 15.7. The Bertz CT molecular complexity index is 1220. The number of hydrogen-bond acceptors (Lipinski definition) is 4. The Morgan fingerprint density at radius 1 is 1.11 bits per heavy atom. The summed E-state index contributed by atoms with van der Waals surface area (Å²) < 4.78 is 8.69. The number of aryl methyl sites for hydroxylation is 2. The standard InChI is InChI=1S/C21H20N4O3/c1-3-24-20-17(9-6-12-22-20)25(21(24)27)13-19(26)23-16-8-5-4-7-15(16)18-11-10-14(2)28-18/h4-12H,3,13H2,1-2H3,(H,23,26). The highest BCUT2D eigenvalue weighted by Crippen LogP contribution is 2.29. The predicted octanol–water partition coefficient (Wildman–Crippen LogP) is 3.43. The maximum absolute atomic E-state index is 12.7. The van der Waals surface area contributed by atoms with E-state index in [0.717, 1.165) is 11.3 Å². The van der Waals surface area contributed by atoms with Gasteiger partial charge < -0.3 is 9.73 Å². The molecule has 0 aliphatic carbocycles. The molecule has 0 aliphatic rings. The molecule has 4 aromatic rings. The van der Waals surface area contributed by atoms with Gasteiger partial charge in [0.25, 0.3) is 0 Å². The van der Waals surface area contributed by atoms with Gasteiger partial charge >= 0.3 is 5.69 Å². The van der Waals surface area contributed by atoms with E-state index in [-0.39, 0.29) is 18.1 Å². The van der Waals surface area contributed by atoms with Crippen molar-refractivity contribution in [2.75, 3.05) is 5.32 Å². The molecule has 0 aliphatic heterocycles. The lowest BCUT2D eigenvalue weighted by atomic mass is 10.1. The quantitative estimate of drug-likeness (QED) is 0.579. The number of nitrogens with zero attached hydrogens (tertiary/aromatic N) is 3. The zero-order chi connectivity index (χ0) is 19.7. The molecule has 0 atom stereocenters. The topological polar surface area (TPSA) is 82.1 Å². The molecule has 0 bridgehead atoms. The normalized spacial score (nSPS) is 11.1. The van der Waals surface area contributed by atoms with Gasteiger partial charge in [-0.1, -0.05) is 12.1 Å².